The molecule has 30 heavy (non-hydrogen) atoms. The number of halogens is 2. The van der Waals surface area contributed by atoms with E-state index in [1.807, 2.05) is 38.1 Å². The van der Waals surface area contributed by atoms with Gasteiger partial charge in [-0.05, 0) is 90.6 Å². The van der Waals surface area contributed by atoms with Crippen molar-refractivity contribution in [1.29, 1.82) is 0 Å². The van der Waals surface area contributed by atoms with Crippen molar-refractivity contribution in [2.45, 2.75) is 13.8 Å². The Morgan fingerprint density at radius 2 is 2.00 bits per heavy atom. The van der Waals surface area contributed by atoms with E-state index in [0.29, 0.717) is 10.6 Å². The molecule has 0 saturated heterocycles. The molecule has 0 aliphatic carbocycles. The van der Waals surface area contributed by atoms with Crippen LogP contribution in [0, 0.1) is 17.4 Å². The Labute approximate surface area is 200 Å². The summed E-state index contributed by atoms with van der Waals surface area (Å²) in [6, 6.07) is 11.1. The zero-order valence-electron chi connectivity index (χ0n) is 15.7. The van der Waals surface area contributed by atoms with Crippen molar-refractivity contribution in [3.63, 3.8) is 0 Å². The highest BCUT2D eigenvalue weighted by atomic mass is 127. The maximum atomic E-state index is 12.5. The Hall–Kier alpha value is -2.15. The molecule has 0 atom stereocenters. The summed E-state index contributed by atoms with van der Waals surface area (Å²) in [7, 11) is 0. The molecule has 0 unspecified atom stereocenters. The molecule has 4 aromatic rings. The molecule has 1 amide bonds. The van der Waals surface area contributed by atoms with Gasteiger partial charge in [0.25, 0.3) is 5.91 Å². The Balaban J connectivity index is 1.48. The molecule has 0 aliphatic rings. The highest BCUT2D eigenvalue weighted by Crippen LogP contribution is 2.28. The number of benzene rings is 2. The molecule has 11 heteroatoms. The minimum Gasteiger partial charge on any atom is -0.332 e. The van der Waals surface area contributed by atoms with E-state index in [-0.39, 0.29) is 11.0 Å². The SMILES string of the molecule is Cc1cc(-c2nn3c(C)nnc3s2)ccc1NC(=S)NC(=O)c1cc(I)ccc1Cl. The number of nitrogens with one attached hydrogen (secondary N) is 2. The van der Waals surface area contributed by atoms with Crippen LogP contribution in [0.2, 0.25) is 5.02 Å². The van der Waals surface area contributed by atoms with E-state index >= 15 is 0 Å². The minimum atomic E-state index is -0.361. The number of carbonyl (C=O) groups excluding carboxylic acids is 1. The standard InChI is InChI=1S/C19H14ClIN6OS2/c1-9-7-11(17-26-27-10(2)24-25-19(27)30-17)3-6-15(9)22-18(29)23-16(28)13-8-12(21)4-5-14(13)20/h3-8H,1-2H3,(H2,22,23,28,29). The molecule has 2 heterocycles. The first-order valence-corrected chi connectivity index (χ1v) is 11.4. The quantitative estimate of drug-likeness (QED) is 0.271. The van der Waals surface area contributed by atoms with Gasteiger partial charge in [-0.1, -0.05) is 22.9 Å². The van der Waals surface area contributed by atoms with Crippen molar-refractivity contribution in [3.05, 3.63) is 61.9 Å². The van der Waals surface area contributed by atoms with Gasteiger partial charge in [0.2, 0.25) is 4.96 Å². The van der Waals surface area contributed by atoms with Crippen LogP contribution >= 0.6 is 57.7 Å². The van der Waals surface area contributed by atoms with Crippen LogP contribution in [0.1, 0.15) is 21.7 Å². The van der Waals surface area contributed by atoms with Gasteiger partial charge >= 0.3 is 0 Å². The summed E-state index contributed by atoms with van der Waals surface area (Å²) >= 11 is 15.0. The zero-order chi connectivity index (χ0) is 21.4. The van der Waals surface area contributed by atoms with E-state index in [1.165, 1.54) is 11.3 Å². The Kier molecular flexibility index (Phi) is 6.00. The van der Waals surface area contributed by atoms with E-state index in [2.05, 4.69) is 48.5 Å². The van der Waals surface area contributed by atoms with Crippen molar-refractivity contribution >= 4 is 79.4 Å². The number of aromatic nitrogens is 4. The summed E-state index contributed by atoms with van der Waals surface area (Å²) in [6.07, 6.45) is 0. The third-order valence-electron chi connectivity index (χ3n) is 4.27. The molecule has 7 nitrogen and oxygen atoms in total. The number of nitrogens with zero attached hydrogens (tertiary/aromatic N) is 4. The number of fused-ring (bicyclic) bond motifs is 1. The van der Waals surface area contributed by atoms with Crippen LogP contribution < -0.4 is 10.6 Å². The van der Waals surface area contributed by atoms with Gasteiger partial charge in [-0.25, -0.2) is 0 Å². The van der Waals surface area contributed by atoms with Crippen LogP contribution in [0.25, 0.3) is 15.5 Å². The van der Waals surface area contributed by atoms with Crippen LogP contribution in [0.3, 0.4) is 0 Å². The lowest BCUT2D eigenvalue weighted by atomic mass is 10.1. The minimum absolute atomic E-state index is 0.195. The van der Waals surface area contributed by atoms with Crippen LogP contribution in [0.4, 0.5) is 5.69 Å². The number of rotatable bonds is 3. The molecule has 4 rings (SSSR count). The fourth-order valence-electron chi connectivity index (χ4n) is 2.76. The first kappa shape index (κ1) is 21.1. The fraction of sp³-hybridized carbons (Fsp3) is 0.105. The predicted molar refractivity (Wildman–Crippen MR) is 131 cm³/mol. The fourth-order valence-corrected chi connectivity index (χ4v) is 4.54. The first-order valence-electron chi connectivity index (χ1n) is 8.69. The van der Waals surface area contributed by atoms with Gasteiger partial charge in [0.15, 0.2) is 10.9 Å². The summed E-state index contributed by atoms with van der Waals surface area (Å²) in [4.78, 5) is 13.2. The van der Waals surface area contributed by atoms with Crippen molar-refractivity contribution in [1.82, 2.24) is 25.1 Å². The van der Waals surface area contributed by atoms with Crippen LogP contribution in [-0.2, 0) is 0 Å². The molecule has 0 fully saturated rings. The van der Waals surface area contributed by atoms with Gasteiger partial charge < -0.3 is 5.32 Å². The van der Waals surface area contributed by atoms with Gasteiger partial charge in [-0.3, -0.25) is 10.1 Å². The number of thiocarbonyl (C=S) groups is 1. The van der Waals surface area contributed by atoms with E-state index in [4.69, 9.17) is 23.8 Å². The Morgan fingerprint density at radius 1 is 1.20 bits per heavy atom. The lowest BCUT2D eigenvalue weighted by molar-refractivity contribution is 0.0978. The Morgan fingerprint density at radius 3 is 2.73 bits per heavy atom. The van der Waals surface area contributed by atoms with Crippen molar-refractivity contribution in [2.75, 3.05) is 5.32 Å². The third kappa shape index (κ3) is 4.31. The van der Waals surface area contributed by atoms with E-state index in [9.17, 15) is 4.79 Å². The molecular formula is C19H14ClIN6OS2. The topological polar surface area (TPSA) is 84.2 Å². The normalized spacial score (nSPS) is 10.9. The summed E-state index contributed by atoms with van der Waals surface area (Å²) in [5, 5.41) is 19.8. The summed E-state index contributed by atoms with van der Waals surface area (Å²) < 4.78 is 2.63. The smallest absolute Gasteiger partial charge is 0.258 e. The average molecular weight is 569 g/mol. The maximum Gasteiger partial charge on any atom is 0.258 e. The third-order valence-corrected chi connectivity index (χ3v) is 6.42. The largest absolute Gasteiger partial charge is 0.332 e. The second kappa shape index (κ2) is 8.53. The van der Waals surface area contributed by atoms with Gasteiger partial charge in [0.05, 0.1) is 10.6 Å². The number of aryl methyl sites for hydroxylation is 2. The van der Waals surface area contributed by atoms with Crippen molar-refractivity contribution < 1.29 is 4.79 Å². The molecule has 2 N–H and O–H groups in total. The molecule has 0 saturated carbocycles. The van der Waals surface area contributed by atoms with Gasteiger partial charge in [0.1, 0.15) is 5.01 Å². The average Bonchev–Trinajstić information content (AvgIpc) is 3.27. The van der Waals surface area contributed by atoms with Crippen LogP contribution in [-0.4, -0.2) is 30.8 Å². The molecule has 0 radical (unpaired) electrons. The van der Waals surface area contributed by atoms with Gasteiger partial charge in [0, 0.05) is 14.8 Å². The zero-order valence-corrected chi connectivity index (χ0v) is 20.3. The summed E-state index contributed by atoms with van der Waals surface area (Å²) in [5.41, 5.74) is 3.09. The van der Waals surface area contributed by atoms with Crippen LogP contribution in [0.5, 0.6) is 0 Å². The summed E-state index contributed by atoms with van der Waals surface area (Å²) in [5.74, 6) is 0.386. The van der Waals surface area contributed by atoms with Gasteiger partial charge in [-0.15, -0.1) is 10.2 Å². The lowest BCUT2D eigenvalue weighted by Gasteiger charge is -2.13. The predicted octanol–water partition coefficient (Wildman–Crippen LogP) is 4.85. The van der Waals surface area contributed by atoms with Crippen molar-refractivity contribution in [3.8, 4) is 10.6 Å². The second-order valence-corrected chi connectivity index (χ2v) is 9.43. The monoisotopic (exact) mass is 568 g/mol. The highest BCUT2D eigenvalue weighted by Gasteiger charge is 2.14. The second-order valence-electron chi connectivity index (χ2n) is 6.41. The lowest BCUT2D eigenvalue weighted by Crippen LogP contribution is -2.34. The van der Waals surface area contributed by atoms with E-state index in [0.717, 1.165) is 36.2 Å². The van der Waals surface area contributed by atoms with Crippen LogP contribution in [0.15, 0.2) is 36.4 Å². The number of anilines is 1. The number of hydrogen-bond donors (Lipinski definition) is 2. The molecule has 2 aromatic carbocycles. The number of amides is 1. The number of hydrogen-bond acceptors (Lipinski definition) is 6. The molecule has 0 spiro atoms. The molecule has 0 bridgehead atoms. The molecule has 0 aliphatic heterocycles. The van der Waals surface area contributed by atoms with E-state index < -0.39 is 0 Å². The molecular weight excluding hydrogens is 555 g/mol. The summed E-state index contributed by atoms with van der Waals surface area (Å²) in [6.45, 7) is 3.82. The highest BCUT2D eigenvalue weighted by molar-refractivity contribution is 14.1. The molecule has 152 valence electrons. The molecule has 2 aromatic heterocycles. The number of carbonyl (C=O) groups is 1. The van der Waals surface area contributed by atoms with Crippen molar-refractivity contribution in [2.24, 2.45) is 0 Å². The van der Waals surface area contributed by atoms with E-state index in [1.54, 1.807) is 16.6 Å². The maximum absolute atomic E-state index is 12.5. The van der Waals surface area contributed by atoms with Gasteiger partial charge in [-0.2, -0.15) is 9.61 Å². The first-order chi connectivity index (χ1) is 14.3. The Bertz CT molecular complexity index is 1300.